The fourth-order valence-electron chi connectivity index (χ4n) is 4.09. The average molecular weight is 441 g/mol. The zero-order valence-electron chi connectivity index (χ0n) is 19.2. The molecule has 2 amide bonds. The van der Waals surface area contributed by atoms with E-state index < -0.39 is 6.04 Å². The molecule has 0 radical (unpaired) electrons. The van der Waals surface area contributed by atoms with Gasteiger partial charge >= 0.3 is 6.03 Å². The minimum atomic E-state index is -0.428. The molecule has 0 spiro atoms. The van der Waals surface area contributed by atoms with E-state index in [0.717, 1.165) is 16.8 Å². The van der Waals surface area contributed by atoms with Gasteiger partial charge in [-0.1, -0.05) is 60.7 Å². The van der Waals surface area contributed by atoms with E-state index in [4.69, 9.17) is 4.98 Å². The van der Waals surface area contributed by atoms with Crippen LogP contribution in [0, 0.1) is 6.92 Å². The number of nitrogens with one attached hydrogen (secondary N) is 1. The average Bonchev–Trinajstić information content (AvgIpc) is 2.84. The summed E-state index contributed by atoms with van der Waals surface area (Å²) in [6.45, 7) is 6.71. The van der Waals surface area contributed by atoms with Crippen LogP contribution in [0.15, 0.2) is 83.7 Å². The first-order chi connectivity index (χ1) is 16.0. The maximum Gasteiger partial charge on any atom is 0.318 e. The third-order valence-corrected chi connectivity index (χ3v) is 5.89. The normalized spacial score (nSPS) is 11.8. The predicted octanol–water partition coefficient (Wildman–Crippen LogP) is 4.99. The lowest BCUT2D eigenvalue weighted by Crippen LogP contribution is -2.43. The molecule has 4 aromatic rings. The molecule has 168 valence electrons. The van der Waals surface area contributed by atoms with Crippen molar-refractivity contribution in [2.45, 2.75) is 33.4 Å². The number of urea groups is 1. The van der Waals surface area contributed by atoms with Gasteiger partial charge in [0.2, 0.25) is 0 Å². The third kappa shape index (κ3) is 4.51. The van der Waals surface area contributed by atoms with E-state index >= 15 is 0 Å². The van der Waals surface area contributed by atoms with Crippen molar-refractivity contribution in [3.8, 4) is 5.69 Å². The van der Waals surface area contributed by atoms with Crippen LogP contribution in [0.4, 0.5) is 4.79 Å². The quantitative estimate of drug-likeness (QED) is 0.459. The Hall–Kier alpha value is -3.93. The summed E-state index contributed by atoms with van der Waals surface area (Å²) in [5, 5.41) is 3.54. The van der Waals surface area contributed by atoms with Gasteiger partial charge in [0.05, 0.1) is 22.6 Å². The second kappa shape index (κ2) is 9.69. The van der Waals surface area contributed by atoms with E-state index in [1.54, 1.807) is 15.5 Å². The molecule has 3 aromatic carbocycles. The molecule has 1 unspecified atom stereocenters. The van der Waals surface area contributed by atoms with E-state index in [9.17, 15) is 9.59 Å². The standard InChI is InChI=1S/C27H28N4O2/c1-4-30(27(33)28-18-21-13-6-5-7-14-21)20(3)25-29-23-16-10-9-15-22(23)26(32)31(25)24-17-11-8-12-19(24)2/h5-17,20H,4,18H2,1-3H3,(H,28,33). The Balaban J connectivity index is 1.77. The Labute approximate surface area is 193 Å². The molecule has 6 heteroatoms. The molecule has 1 atom stereocenters. The third-order valence-electron chi connectivity index (χ3n) is 5.89. The van der Waals surface area contributed by atoms with E-state index in [1.165, 1.54) is 0 Å². The largest absolute Gasteiger partial charge is 0.334 e. The molecule has 1 N–H and O–H groups in total. The van der Waals surface area contributed by atoms with Gasteiger partial charge in [-0.2, -0.15) is 0 Å². The summed E-state index contributed by atoms with van der Waals surface area (Å²) in [5.41, 5.74) is 3.23. The molecule has 0 fully saturated rings. The summed E-state index contributed by atoms with van der Waals surface area (Å²) in [7, 11) is 0. The first-order valence-corrected chi connectivity index (χ1v) is 11.2. The number of amides is 2. The number of para-hydroxylation sites is 2. The molecular weight excluding hydrogens is 412 g/mol. The Morgan fingerprint density at radius 2 is 1.67 bits per heavy atom. The fraction of sp³-hybridized carbons (Fsp3) is 0.222. The number of benzene rings is 3. The number of aromatic nitrogens is 2. The van der Waals surface area contributed by atoms with Crippen molar-refractivity contribution in [1.82, 2.24) is 19.8 Å². The van der Waals surface area contributed by atoms with Gasteiger partial charge in [0, 0.05) is 13.1 Å². The van der Waals surface area contributed by atoms with Crippen molar-refractivity contribution >= 4 is 16.9 Å². The SMILES string of the molecule is CCN(C(=O)NCc1ccccc1)C(C)c1nc2ccccc2c(=O)n1-c1ccccc1C. The molecule has 0 aliphatic carbocycles. The lowest BCUT2D eigenvalue weighted by Gasteiger charge is -2.30. The fourth-order valence-corrected chi connectivity index (χ4v) is 4.09. The van der Waals surface area contributed by atoms with E-state index in [0.29, 0.717) is 29.8 Å². The number of hydrogen-bond donors (Lipinski definition) is 1. The second-order valence-electron chi connectivity index (χ2n) is 8.02. The van der Waals surface area contributed by atoms with Crippen LogP contribution in [-0.4, -0.2) is 27.0 Å². The van der Waals surface area contributed by atoms with Crippen molar-refractivity contribution in [3.05, 3.63) is 106 Å². The van der Waals surface area contributed by atoms with Crippen LogP contribution in [0.3, 0.4) is 0 Å². The van der Waals surface area contributed by atoms with Crippen LogP contribution in [0.2, 0.25) is 0 Å². The minimum absolute atomic E-state index is 0.141. The number of carbonyl (C=O) groups is 1. The Morgan fingerprint density at radius 1 is 1.00 bits per heavy atom. The topological polar surface area (TPSA) is 67.2 Å². The van der Waals surface area contributed by atoms with Crippen molar-refractivity contribution in [3.63, 3.8) is 0 Å². The monoisotopic (exact) mass is 440 g/mol. The van der Waals surface area contributed by atoms with Crippen LogP contribution in [0.5, 0.6) is 0 Å². The highest BCUT2D eigenvalue weighted by atomic mass is 16.2. The molecular formula is C27H28N4O2. The molecule has 0 aliphatic rings. The van der Waals surface area contributed by atoms with Crippen LogP contribution in [0.25, 0.3) is 16.6 Å². The van der Waals surface area contributed by atoms with Gasteiger partial charge in [0.25, 0.3) is 5.56 Å². The summed E-state index contributed by atoms with van der Waals surface area (Å²) in [6.07, 6.45) is 0. The Bertz CT molecular complexity index is 1330. The van der Waals surface area contributed by atoms with Crippen LogP contribution in [0.1, 0.15) is 36.8 Å². The smallest absolute Gasteiger partial charge is 0.318 e. The summed E-state index contributed by atoms with van der Waals surface area (Å²) in [6, 6.07) is 24.2. The lowest BCUT2D eigenvalue weighted by molar-refractivity contribution is 0.179. The van der Waals surface area contributed by atoms with Gasteiger partial charge in [-0.25, -0.2) is 9.78 Å². The molecule has 6 nitrogen and oxygen atoms in total. The number of aryl methyl sites for hydroxylation is 1. The molecule has 0 saturated carbocycles. The highest BCUT2D eigenvalue weighted by molar-refractivity contribution is 5.78. The highest BCUT2D eigenvalue weighted by Crippen LogP contribution is 2.24. The Kier molecular flexibility index (Phi) is 6.54. The van der Waals surface area contributed by atoms with Gasteiger partial charge < -0.3 is 10.2 Å². The molecule has 0 saturated heterocycles. The second-order valence-corrected chi connectivity index (χ2v) is 8.02. The molecule has 33 heavy (non-hydrogen) atoms. The van der Waals surface area contributed by atoms with Crippen LogP contribution >= 0.6 is 0 Å². The number of nitrogens with zero attached hydrogens (tertiary/aromatic N) is 3. The highest BCUT2D eigenvalue weighted by Gasteiger charge is 2.26. The van der Waals surface area contributed by atoms with Gasteiger partial charge in [-0.3, -0.25) is 9.36 Å². The summed E-state index contributed by atoms with van der Waals surface area (Å²) in [5.74, 6) is 0.532. The maximum absolute atomic E-state index is 13.6. The number of hydrogen-bond acceptors (Lipinski definition) is 3. The summed E-state index contributed by atoms with van der Waals surface area (Å²) < 4.78 is 1.65. The Morgan fingerprint density at radius 3 is 2.39 bits per heavy atom. The number of rotatable bonds is 6. The van der Waals surface area contributed by atoms with Crippen molar-refractivity contribution in [2.75, 3.05) is 6.54 Å². The van der Waals surface area contributed by atoms with E-state index in [2.05, 4.69) is 5.32 Å². The summed E-state index contributed by atoms with van der Waals surface area (Å²) >= 11 is 0. The molecule has 0 aliphatic heterocycles. The van der Waals surface area contributed by atoms with Crippen molar-refractivity contribution in [2.24, 2.45) is 0 Å². The van der Waals surface area contributed by atoms with Crippen LogP contribution < -0.4 is 10.9 Å². The van der Waals surface area contributed by atoms with Gasteiger partial charge in [-0.05, 0) is 50.1 Å². The lowest BCUT2D eigenvalue weighted by atomic mass is 10.1. The van der Waals surface area contributed by atoms with E-state index in [1.807, 2.05) is 93.6 Å². The molecule has 1 heterocycles. The zero-order chi connectivity index (χ0) is 23.4. The van der Waals surface area contributed by atoms with Gasteiger partial charge in [0.1, 0.15) is 5.82 Å². The minimum Gasteiger partial charge on any atom is -0.334 e. The van der Waals surface area contributed by atoms with Crippen molar-refractivity contribution in [1.29, 1.82) is 0 Å². The first-order valence-electron chi connectivity index (χ1n) is 11.2. The maximum atomic E-state index is 13.6. The molecule has 0 bridgehead atoms. The van der Waals surface area contributed by atoms with Gasteiger partial charge in [-0.15, -0.1) is 0 Å². The summed E-state index contributed by atoms with van der Waals surface area (Å²) in [4.78, 5) is 33.3. The van der Waals surface area contributed by atoms with Crippen LogP contribution in [-0.2, 0) is 6.54 Å². The predicted molar refractivity (Wildman–Crippen MR) is 132 cm³/mol. The molecule has 4 rings (SSSR count). The van der Waals surface area contributed by atoms with Crippen molar-refractivity contribution < 1.29 is 4.79 Å². The zero-order valence-corrected chi connectivity index (χ0v) is 19.2. The van der Waals surface area contributed by atoms with Gasteiger partial charge in [0.15, 0.2) is 0 Å². The first kappa shape index (κ1) is 22.3. The molecule has 1 aromatic heterocycles. The van der Waals surface area contributed by atoms with E-state index in [-0.39, 0.29) is 11.6 Å². The number of fused-ring (bicyclic) bond motifs is 1. The number of carbonyl (C=O) groups excluding carboxylic acids is 1.